The van der Waals surface area contributed by atoms with Crippen molar-refractivity contribution < 1.29 is 23.8 Å². The zero-order valence-electron chi connectivity index (χ0n) is 14.7. The second-order valence-electron chi connectivity index (χ2n) is 5.46. The first kappa shape index (κ1) is 19.8. The van der Waals surface area contributed by atoms with Crippen LogP contribution in [-0.4, -0.2) is 32.2 Å². The molecule has 1 amide bonds. The average molecular weight is 422 g/mol. The third-order valence-corrected chi connectivity index (χ3v) is 4.16. The molecule has 0 aliphatic heterocycles. The van der Waals surface area contributed by atoms with Crippen molar-refractivity contribution in [3.63, 3.8) is 0 Å². The maximum atomic E-state index is 12.2. The molecule has 0 aliphatic rings. The van der Waals surface area contributed by atoms with Gasteiger partial charge in [-0.25, -0.2) is 4.79 Å². The predicted octanol–water partition coefficient (Wildman–Crippen LogP) is 3.33. The van der Waals surface area contributed by atoms with Gasteiger partial charge in [0, 0.05) is 11.0 Å². The summed E-state index contributed by atoms with van der Waals surface area (Å²) in [6.45, 7) is 1.92. The van der Waals surface area contributed by atoms with Gasteiger partial charge in [0.05, 0.1) is 14.2 Å². The van der Waals surface area contributed by atoms with E-state index in [1.54, 1.807) is 37.3 Å². The lowest BCUT2D eigenvalue weighted by molar-refractivity contribution is -0.127. The summed E-state index contributed by atoms with van der Waals surface area (Å²) < 4.78 is 16.4. The Morgan fingerprint density at radius 3 is 2.42 bits per heavy atom. The highest BCUT2D eigenvalue weighted by atomic mass is 79.9. The predicted molar refractivity (Wildman–Crippen MR) is 100 cm³/mol. The minimum Gasteiger partial charge on any atom is -0.496 e. The molecular formula is C19H20BrNO5. The van der Waals surface area contributed by atoms with Crippen LogP contribution in [0.15, 0.2) is 46.9 Å². The molecule has 26 heavy (non-hydrogen) atoms. The largest absolute Gasteiger partial charge is 0.496 e. The average Bonchev–Trinajstić information content (AvgIpc) is 2.66. The molecule has 2 aromatic carbocycles. The Balaban J connectivity index is 1.97. The summed E-state index contributed by atoms with van der Waals surface area (Å²) >= 11 is 3.35. The summed E-state index contributed by atoms with van der Waals surface area (Å²) in [6, 6.07) is 12.3. The molecule has 6 nitrogen and oxygen atoms in total. The normalized spacial score (nSPS) is 11.4. The molecule has 1 N–H and O–H groups in total. The number of ether oxygens (including phenoxy) is 3. The van der Waals surface area contributed by atoms with Crippen LogP contribution in [-0.2, 0) is 16.1 Å². The lowest BCUT2D eigenvalue weighted by atomic mass is 10.1. The lowest BCUT2D eigenvalue weighted by Gasteiger charge is -2.15. The first-order valence-corrected chi connectivity index (χ1v) is 8.69. The van der Waals surface area contributed by atoms with E-state index in [2.05, 4.69) is 21.2 Å². The van der Waals surface area contributed by atoms with E-state index in [9.17, 15) is 9.59 Å². The molecule has 0 spiro atoms. The van der Waals surface area contributed by atoms with Crippen LogP contribution in [0.5, 0.6) is 11.5 Å². The van der Waals surface area contributed by atoms with Gasteiger partial charge < -0.3 is 19.5 Å². The molecule has 0 heterocycles. The molecule has 0 saturated carbocycles. The van der Waals surface area contributed by atoms with Crippen LogP contribution in [0.4, 0.5) is 0 Å². The van der Waals surface area contributed by atoms with Crippen LogP contribution in [0.3, 0.4) is 0 Å². The van der Waals surface area contributed by atoms with Crippen molar-refractivity contribution in [2.24, 2.45) is 0 Å². The van der Waals surface area contributed by atoms with Crippen LogP contribution in [0.1, 0.15) is 22.8 Å². The van der Waals surface area contributed by atoms with Crippen LogP contribution in [0.25, 0.3) is 0 Å². The monoisotopic (exact) mass is 421 g/mol. The number of halogens is 1. The van der Waals surface area contributed by atoms with Crippen LogP contribution in [0.2, 0.25) is 0 Å². The maximum absolute atomic E-state index is 12.2. The first-order valence-electron chi connectivity index (χ1n) is 7.89. The van der Waals surface area contributed by atoms with E-state index in [1.807, 2.05) is 12.1 Å². The van der Waals surface area contributed by atoms with Crippen molar-refractivity contribution in [3.8, 4) is 11.5 Å². The number of amides is 1. The molecule has 1 atom stereocenters. The third kappa shape index (κ3) is 5.23. The summed E-state index contributed by atoms with van der Waals surface area (Å²) in [5.74, 6) is 0.262. The number of rotatable bonds is 7. The Kier molecular flexibility index (Phi) is 7.03. The Morgan fingerprint density at radius 2 is 1.81 bits per heavy atom. The standard InChI is InChI=1S/C19H20BrNO5/c1-12(26-15-7-5-14(20)6-8-15)18(22)21-11-13-4-9-17(24-2)16(10-13)19(23)25-3/h4-10,12H,11H2,1-3H3,(H,21,22)/t12-/m1/s1. The van der Waals surface area contributed by atoms with Crippen LogP contribution < -0.4 is 14.8 Å². The second-order valence-corrected chi connectivity index (χ2v) is 6.37. The number of hydrogen-bond donors (Lipinski definition) is 1. The number of esters is 1. The third-order valence-electron chi connectivity index (χ3n) is 3.63. The van der Waals surface area contributed by atoms with Crippen molar-refractivity contribution in [3.05, 3.63) is 58.1 Å². The van der Waals surface area contributed by atoms with Crippen molar-refractivity contribution in [2.45, 2.75) is 19.6 Å². The van der Waals surface area contributed by atoms with Crippen LogP contribution >= 0.6 is 15.9 Å². The first-order chi connectivity index (χ1) is 12.4. The fourth-order valence-corrected chi connectivity index (χ4v) is 2.50. The molecule has 138 valence electrons. The second kappa shape index (κ2) is 9.24. The molecule has 0 radical (unpaired) electrons. The van der Waals surface area contributed by atoms with E-state index in [0.29, 0.717) is 17.1 Å². The Labute approximate surface area is 160 Å². The lowest BCUT2D eigenvalue weighted by Crippen LogP contribution is -2.35. The zero-order chi connectivity index (χ0) is 19.1. The van der Waals surface area contributed by atoms with Gasteiger partial charge in [0.2, 0.25) is 0 Å². The van der Waals surface area contributed by atoms with E-state index in [-0.39, 0.29) is 12.5 Å². The number of nitrogens with one attached hydrogen (secondary N) is 1. The molecule has 0 unspecified atom stereocenters. The summed E-state index contributed by atoms with van der Waals surface area (Å²) in [7, 11) is 2.78. The summed E-state index contributed by atoms with van der Waals surface area (Å²) in [4.78, 5) is 24.0. The Bertz CT molecular complexity index is 776. The fraction of sp³-hybridized carbons (Fsp3) is 0.263. The summed E-state index contributed by atoms with van der Waals surface area (Å²) in [5.41, 5.74) is 1.05. The van der Waals surface area contributed by atoms with Crippen molar-refractivity contribution in [1.29, 1.82) is 0 Å². The molecule has 0 saturated heterocycles. The molecule has 2 rings (SSSR count). The van der Waals surface area contributed by atoms with Gasteiger partial charge in [-0.3, -0.25) is 4.79 Å². The van der Waals surface area contributed by atoms with E-state index >= 15 is 0 Å². The Morgan fingerprint density at radius 1 is 1.12 bits per heavy atom. The van der Waals surface area contributed by atoms with Crippen molar-refractivity contribution in [2.75, 3.05) is 14.2 Å². The summed E-state index contributed by atoms with van der Waals surface area (Å²) in [6.07, 6.45) is -0.658. The maximum Gasteiger partial charge on any atom is 0.341 e. The topological polar surface area (TPSA) is 73.9 Å². The molecule has 0 fully saturated rings. The van der Waals surface area contributed by atoms with E-state index in [4.69, 9.17) is 14.2 Å². The van der Waals surface area contributed by atoms with Gasteiger partial charge >= 0.3 is 5.97 Å². The van der Waals surface area contributed by atoms with Crippen molar-refractivity contribution >= 4 is 27.8 Å². The van der Waals surface area contributed by atoms with E-state index in [1.165, 1.54) is 14.2 Å². The highest BCUT2D eigenvalue weighted by molar-refractivity contribution is 9.10. The quantitative estimate of drug-likeness (QED) is 0.693. The number of carbonyl (C=O) groups excluding carboxylic acids is 2. The minimum atomic E-state index is -0.658. The van der Waals surface area contributed by atoms with Gasteiger partial charge in [-0.15, -0.1) is 0 Å². The van der Waals surface area contributed by atoms with Gasteiger partial charge in [-0.05, 0) is 48.9 Å². The van der Waals surface area contributed by atoms with Crippen LogP contribution in [0, 0.1) is 0 Å². The number of methoxy groups -OCH3 is 2. The molecule has 0 aromatic heterocycles. The van der Waals surface area contributed by atoms with E-state index < -0.39 is 12.1 Å². The van der Waals surface area contributed by atoms with Crippen molar-refractivity contribution in [1.82, 2.24) is 5.32 Å². The highest BCUT2D eigenvalue weighted by Gasteiger charge is 2.16. The summed E-state index contributed by atoms with van der Waals surface area (Å²) in [5, 5.41) is 2.79. The number of hydrogen-bond acceptors (Lipinski definition) is 5. The number of benzene rings is 2. The van der Waals surface area contributed by atoms with Gasteiger partial charge in [0.15, 0.2) is 6.10 Å². The Hall–Kier alpha value is -2.54. The van der Waals surface area contributed by atoms with Gasteiger partial charge in [0.1, 0.15) is 17.1 Å². The molecule has 2 aromatic rings. The minimum absolute atomic E-state index is 0.251. The molecule has 0 aliphatic carbocycles. The zero-order valence-corrected chi connectivity index (χ0v) is 16.3. The van der Waals surface area contributed by atoms with Gasteiger partial charge in [0.25, 0.3) is 5.91 Å². The van der Waals surface area contributed by atoms with Gasteiger partial charge in [-0.2, -0.15) is 0 Å². The number of carbonyl (C=O) groups is 2. The molecule has 0 bridgehead atoms. The van der Waals surface area contributed by atoms with Gasteiger partial charge in [-0.1, -0.05) is 22.0 Å². The SMILES string of the molecule is COC(=O)c1cc(CNC(=O)[C@@H](C)Oc2ccc(Br)cc2)ccc1OC. The van der Waals surface area contributed by atoms with E-state index in [0.717, 1.165) is 10.0 Å². The highest BCUT2D eigenvalue weighted by Crippen LogP contribution is 2.21. The fourth-order valence-electron chi connectivity index (χ4n) is 2.24. The molecule has 7 heteroatoms. The molecular weight excluding hydrogens is 402 g/mol. The smallest absolute Gasteiger partial charge is 0.341 e.